The number of pyridine rings is 1. The minimum absolute atomic E-state index is 0.0502. The number of sulfonamides is 1. The fourth-order valence-electron chi connectivity index (χ4n) is 6.98. The Labute approximate surface area is 262 Å². The number of thiophene rings is 1. The molecule has 2 aliphatic heterocycles. The van der Waals surface area contributed by atoms with Crippen molar-refractivity contribution in [2.24, 2.45) is 5.92 Å². The van der Waals surface area contributed by atoms with Crippen LogP contribution in [0.5, 0.6) is 0 Å². The molecular weight excluding hydrogens is 599 g/mol. The summed E-state index contributed by atoms with van der Waals surface area (Å²) in [6.45, 7) is 5.50. The predicted molar refractivity (Wildman–Crippen MR) is 172 cm³/mol. The highest BCUT2D eigenvalue weighted by Gasteiger charge is 2.44. The molecule has 1 unspecified atom stereocenters. The van der Waals surface area contributed by atoms with Gasteiger partial charge in [-0.05, 0) is 56.4 Å². The van der Waals surface area contributed by atoms with Crippen molar-refractivity contribution in [3.8, 4) is 10.4 Å². The van der Waals surface area contributed by atoms with Gasteiger partial charge in [0, 0.05) is 42.8 Å². The van der Waals surface area contributed by atoms with Crippen LogP contribution < -0.4 is 15.1 Å². The normalized spacial score (nSPS) is 24.0. The molecule has 3 aliphatic rings. The van der Waals surface area contributed by atoms with Gasteiger partial charge >= 0.3 is 5.97 Å². The highest BCUT2D eigenvalue weighted by atomic mass is 32.2. The van der Waals surface area contributed by atoms with Crippen molar-refractivity contribution in [1.82, 2.24) is 14.6 Å². The van der Waals surface area contributed by atoms with Gasteiger partial charge in [0.15, 0.2) is 0 Å². The van der Waals surface area contributed by atoms with Gasteiger partial charge in [0.05, 0.1) is 18.3 Å². The van der Waals surface area contributed by atoms with Crippen LogP contribution in [0.15, 0.2) is 59.6 Å². The summed E-state index contributed by atoms with van der Waals surface area (Å²) in [6.07, 6.45) is 6.20. The van der Waals surface area contributed by atoms with Crippen LogP contribution >= 0.6 is 11.3 Å². The number of carbonyl (C=O) groups excluding carboxylic acids is 1. The van der Waals surface area contributed by atoms with E-state index in [2.05, 4.69) is 29.0 Å². The summed E-state index contributed by atoms with van der Waals surface area (Å²) in [7, 11) is -4.03. The van der Waals surface area contributed by atoms with E-state index in [1.54, 1.807) is 23.1 Å². The predicted octanol–water partition coefficient (Wildman–Crippen LogP) is 4.68. The molecule has 1 aliphatic carbocycles. The molecule has 2 aromatic heterocycles. The zero-order valence-electron chi connectivity index (χ0n) is 25.1. The van der Waals surface area contributed by atoms with Crippen molar-refractivity contribution >= 4 is 44.7 Å². The summed E-state index contributed by atoms with van der Waals surface area (Å²) < 4.78 is 29.2. The third-order valence-corrected chi connectivity index (χ3v) is 11.9. The number of nitrogens with zero attached hydrogens (tertiary/aromatic N) is 4. The number of amides is 1. The van der Waals surface area contributed by atoms with Gasteiger partial charge in [-0.3, -0.25) is 4.79 Å². The van der Waals surface area contributed by atoms with Gasteiger partial charge < -0.3 is 20.2 Å². The van der Waals surface area contributed by atoms with Crippen LogP contribution in [0, 0.1) is 5.92 Å². The average molecular weight is 638 g/mol. The molecule has 234 valence electrons. The molecule has 1 aromatic carbocycles. The van der Waals surface area contributed by atoms with Crippen LogP contribution in [0.2, 0.25) is 0 Å². The molecule has 2 N–H and O–H groups in total. The van der Waals surface area contributed by atoms with Gasteiger partial charge in [-0.25, -0.2) is 18.2 Å². The average Bonchev–Trinajstić information content (AvgIpc) is 3.47. The quantitative estimate of drug-likeness (QED) is 0.383. The largest absolute Gasteiger partial charge is 0.477 e. The Bertz CT molecular complexity index is 1600. The van der Waals surface area contributed by atoms with E-state index in [1.807, 2.05) is 30.3 Å². The van der Waals surface area contributed by atoms with Crippen LogP contribution in [-0.2, 0) is 14.8 Å². The SMILES string of the molecule is C[C@@H]1CN(c2ccc(S(=O)(=O)N3CC(=O)N(c4cc(-c5ccccc5)sc4C(=O)O)C(C4CCCCC4)C3)cn2)C[C@H](C)N1. The van der Waals surface area contributed by atoms with Crippen LogP contribution in [0.25, 0.3) is 10.4 Å². The van der Waals surface area contributed by atoms with Crippen LogP contribution in [0.3, 0.4) is 0 Å². The van der Waals surface area contributed by atoms with Crippen molar-refractivity contribution in [1.29, 1.82) is 0 Å². The summed E-state index contributed by atoms with van der Waals surface area (Å²) in [5.41, 5.74) is 1.22. The second kappa shape index (κ2) is 12.6. The number of piperazine rings is 2. The summed E-state index contributed by atoms with van der Waals surface area (Å²) in [4.78, 5) is 35.6. The molecule has 0 spiro atoms. The lowest BCUT2D eigenvalue weighted by molar-refractivity contribution is -0.121. The Morgan fingerprint density at radius 2 is 1.70 bits per heavy atom. The highest BCUT2D eigenvalue weighted by Crippen LogP contribution is 2.42. The van der Waals surface area contributed by atoms with Crippen molar-refractivity contribution in [3.63, 3.8) is 0 Å². The number of carbonyl (C=O) groups is 2. The third kappa shape index (κ3) is 6.13. The molecule has 4 heterocycles. The maximum atomic E-state index is 14.0. The van der Waals surface area contributed by atoms with E-state index < -0.39 is 27.9 Å². The number of carboxylic acid groups (broad SMARTS) is 1. The highest BCUT2D eigenvalue weighted by molar-refractivity contribution is 7.89. The van der Waals surface area contributed by atoms with Gasteiger partial charge in [0.1, 0.15) is 15.6 Å². The minimum Gasteiger partial charge on any atom is -0.477 e. The molecule has 1 saturated carbocycles. The third-order valence-electron chi connectivity index (χ3n) is 8.96. The molecule has 1 amide bonds. The molecule has 2 saturated heterocycles. The lowest BCUT2D eigenvalue weighted by Gasteiger charge is -2.44. The number of hydrogen-bond donors (Lipinski definition) is 2. The first-order chi connectivity index (χ1) is 21.1. The molecule has 6 rings (SSSR count). The van der Waals surface area contributed by atoms with Gasteiger partial charge in [-0.1, -0.05) is 49.6 Å². The Kier molecular flexibility index (Phi) is 8.78. The number of rotatable bonds is 7. The topological polar surface area (TPSA) is 123 Å². The zero-order valence-corrected chi connectivity index (χ0v) is 26.7. The first-order valence-corrected chi connectivity index (χ1v) is 17.6. The monoisotopic (exact) mass is 637 g/mol. The molecular formula is C32H39N5O5S2. The lowest BCUT2D eigenvalue weighted by Crippen LogP contribution is -2.60. The van der Waals surface area contributed by atoms with Gasteiger partial charge in [-0.15, -0.1) is 11.3 Å². The van der Waals surface area contributed by atoms with E-state index in [0.717, 1.165) is 72.8 Å². The lowest BCUT2D eigenvalue weighted by atomic mass is 9.82. The van der Waals surface area contributed by atoms with E-state index in [0.29, 0.717) is 5.69 Å². The molecule has 3 aromatic rings. The summed E-state index contributed by atoms with van der Waals surface area (Å²) in [6, 6.07) is 14.7. The molecule has 12 heteroatoms. The molecule has 0 radical (unpaired) electrons. The number of aromatic carboxylic acids is 1. The van der Waals surface area contributed by atoms with Gasteiger partial charge in [0.2, 0.25) is 15.9 Å². The van der Waals surface area contributed by atoms with Crippen molar-refractivity contribution in [3.05, 3.63) is 59.6 Å². The molecule has 3 fully saturated rings. The van der Waals surface area contributed by atoms with Crippen molar-refractivity contribution < 1.29 is 23.1 Å². The number of hydrogen-bond acceptors (Lipinski definition) is 8. The Morgan fingerprint density at radius 3 is 2.34 bits per heavy atom. The number of benzene rings is 1. The Morgan fingerprint density at radius 1 is 1.00 bits per heavy atom. The molecule has 44 heavy (non-hydrogen) atoms. The van der Waals surface area contributed by atoms with Crippen LogP contribution in [0.1, 0.15) is 55.6 Å². The fourth-order valence-corrected chi connectivity index (χ4v) is 9.32. The second-order valence-corrected chi connectivity index (χ2v) is 15.2. The van der Waals surface area contributed by atoms with E-state index in [9.17, 15) is 23.1 Å². The second-order valence-electron chi connectivity index (χ2n) is 12.2. The van der Waals surface area contributed by atoms with Crippen LogP contribution in [0.4, 0.5) is 11.5 Å². The number of anilines is 2. The number of carboxylic acids is 1. The summed E-state index contributed by atoms with van der Waals surface area (Å²) in [5, 5.41) is 13.7. The van der Waals surface area contributed by atoms with E-state index >= 15 is 0 Å². The van der Waals surface area contributed by atoms with Gasteiger partial charge in [0.25, 0.3) is 0 Å². The van der Waals surface area contributed by atoms with Crippen molar-refractivity contribution in [2.75, 3.05) is 36.0 Å². The fraction of sp³-hybridized carbons (Fsp3) is 0.469. The number of aromatic nitrogens is 1. The van der Waals surface area contributed by atoms with Crippen molar-refractivity contribution in [2.45, 2.75) is 69.0 Å². The van der Waals surface area contributed by atoms with Crippen LogP contribution in [-0.4, -0.2) is 79.0 Å². The number of nitrogens with one attached hydrogen (secondary N) is 1. The Balaban J connectivity index is 1.31. The summed E-state index contributed by atoms with van der Waals surface area (Å²) in [5.74, 6) is -0.733. The Hall–Kier alpha value is -3.32. The molecule has 0 bridgehead atoms. The summed E-state index contributed by atoms with van der Waals surface area (Å²) >= 11 is 1.14. The first kappa shape index (κ1) is 30.7. The molecule has 3 atom stereocenters. The van der Waals surface area contributed by atoms with E-state index in [4.69, 9.17) is 0 Å². The molecule has 10 nitrogen and oxygen atoms in total. The standard InChI is InChI=1S/C32H39N5O5S2/c1-21-17-35(18-22(2)34-21)29-14-13-25(16-33-29)44(41,42)36-19-27(23-9-5-3-6-10-23)37(30(38)20-36)26-15-28(43-31(26)32(39)40)24-11-7-4-8-12-24/h4,7-8,11-16,21-23,27,34H,3,5-6,9-10,17-20H2,1-2H3,(H,39,40)/t21-,22+,27?. The zero-order chi connectivity index (χ0) is 31.0. The smallest absolute Gasteiger partial charge is 0.348 e. The minimum atomic E-state index is -4.03. The van der Waals surface area contributed by atoms with E-state index in [-0.39, 0.29) is 40.9 Å². The maximum absolute atomic E-state index is 14.0. The van der Waals surface area contributed by atoms with E-state index in [1.165, 1.54) is 10.5 Å². The van der Waals surface area contributed by atoms with Gasteiger partial charge in [-0.2, -0.15) is 4.31 Å². The maximum Gasteiger partial charge on any atom is 0.348 e. The first-order valence-electron chi connectivity index (χ1n) is 15.3.